The van der Waals surface area contributed by atoms with Crippen molar-refractivity contribution >= 4 is 17.5 Å². The Kier molecular flexibility index (Phi) is 6.86. The third kappa shape index (κ3) is 5.86. The van der Waals surface area contributed by atoms with E-state index in [2.05, 4.69) is 22.2 Å². The van der Waals surface area contributed by atoms with Gasteiger partial charge in [0.25, 0.3) is 5.91 Å². The molecule has 1 aromatic carbocycles. The summed E-state index contributed by atoms with van der Waals surface area (Å²) in [6, 6.07) is 10.5. The van der Waals surface area contributed by atoms with Crippen molar-refractivity contribution in [1.82, 2.24) is 10.3 Å². The zero-order valence-corrected chi connectivity index (χ0v) is 14.1. The van der Waals surface area contributed by atoms with Crippen molar-refractivity contribution in [2.24, 2.45) is 0 Å². The van der Waals surface area contributed by atoms with Crippen molar-refractivity contribution in [3.05, 3.63) is 72.6 Å². The first-order valence-corrected chi connectivity index (χ1v) is 7.90. The Morgan fingerprint density at radius 3 is 2.76 bits per heavy atom. The second-order valence-electron chi connectivity index (χ2n) is 5.37. The number of benzene rings is 1. The van der Waals surface area contributed by atoms with E-state index < -0.39 is 6.10 Å². The topological polar surface area (TPSA) is 80.3 Å². The molecule has 0 spiro atoms. The Morgan fingerprint density at radius 1 is 1.28 bits per heavy atom. The summed E-state index contributed by atoms with van der Waals surface area (Å²) >= 11 is 0. The van der Waals surface area contributed by atoms with Gasteiger partial charge in [-0.3, -0.25) is 14.6 Å². The third-order valence-corrected chi connectivity index (χ3v) is 3.43. The van der Waals surface area contributed by atoms with Gasteiger partial charge in [-0.15, -0.1) is 6.58 Å². The maximum absolute atomic E-state index is 12.3. The summed E-state index contributed by atoms with van der Waals surface area (Å²) in [5.74, 6) is -0.435. The molecule has 0 aliphatic heterocycles. The second-order valence-corrected chi connectivity index (χ2v) is 5.37. The minimum absolute atomic E-state index is 0.214. The number of carbonyl (C=O) groups excluding carboxylic acids is 2. The zero-order chi connectivity index (χ0) is 18.1. The molecule has 25 heavy (non-hydrogen) atoms. The summed E-state index contributed by atoms with van der Waals surface area (Å²) in [7, 11) is 0. The average Bonchev–Trinajstić information content (AvgIpc) is 2.65. The Balaban J connectivity index is 1.93. The minimum Gasteiger partial charge on any atom is -0.365 e. The fourth-order valence-corrected chi connectivity index (χ4v) is 2.08. The second kappa shape index (κ2) is 9.34. The molecule has 0 radical (unpaired) electrons. The lowest BCUT2D eigenvalue weighted by molar-refractivity contribution is -0.131. The molecule has 0 bridgehead atoms. The Bertz CT molecular complexity index is 732. The Morgan fingerprint density at radius 2 is 2.04 bits per heavy atom. The van der Waals surface area contributed by atoms with E-state index in [1.807, 2.05) is 6.07 Å². The molecule has 1 aromatic heterocycles. The largest absolute Gasteiger partial charge is 0.365 e. The maximum Gasteiger partial charge on any atom is 0.255 e. The molecule has 2 N–H and O–H groups in total. The van der Waals surface area contributed by atoms with Gasteiger partial charge >= 0.3 is 0 Å². The fraction of sp³-hybridized carbons (Fsp3) is 0.211. The minimum atomic E-state index is -0.559. The smallest absolute Gasteiger partial charge is 0.255 e. The molecule has 0 unspecified atom stereocenters. The van der Waals surface area contributed by atoms with Crippen LogP contribution in [0.25, 0.3) is 0 Å². The van der Waals surface area contributed by atoms with Gasteiger partial charge in [0, 0.05) is 30.2 Å². The molecule has 1 atom stereocenters. The van der Waals surface area contributed by atoms with Gasteiger partial charge in [-0.2, -0.15) is 0 Å². The van der Waals surface area contributed by atoms with Gasteiger partial charge in [-0.1, -0.05) is 18.2 Å². The van der Waals surface area contributed by atoms with Crippen LogP contribution in [-0.2, 0) is 16.1 Å². The van der Waals surface area contributed by atoms with Crippen molar-refractivity contribution in [1.29, 1.82) is 0 Å². The summed E-state index contributed by atoms with van der Waals surface area (Å²) in [6.45, 7) is 5.86. The highest BCUT2D eigenvalue weighted by Crippen LogP contribution is 2.10. The van der Waals surface area contributed by atoms with E-state index in [4.69, 9.17) is 4.74 Å². The number of anilines is 1. The maximum atomic E-state index is 12.3. The van der Waals surface area contributed by atoms with Crippen LogP contribution in [0.15, 0.2) is 61.4 Å². The van der Waals surface area contributed by atoms with Crippen LogP contribution in [0, 0.1) is 0 Å². The average molecular weight is 339 g/mol. The summed E-state index contributed by atoms with van der Waals surface area (Å²) in [6.07, 6.45) is 4.25. The summed E-state index contributed by atoms with van der Waals surface area (Å²) in [5.41, 5.74) is 2.01. The zero-order valence-electron chi connectivity index (χ0n) is 14.1. The SMILES string of the molecule is C=CCO[C@@H](C)C(=O)NCc1cccc(C(=O)Nc2ccncc2)c1. The fourth-order valence-electron chi connectivity index (χ4n) is 2.08. The molecule has 130 valence electrons. The molecule has 0 saturated heterocycles. The summed E-state index contributed by atoms with van der Waals surface area (Å²) in [5, 5.41) is 5.58. The molecule has 0 saturated carbocycles. The third-order valence-electron chi connectivity index (χ3n) is 3.43. The Labute approximate surface area is 146 Å². The number of aromatic nitrogens is 1. The summed E-state index contributed by atoms with van der Waals surface area (Å²) in [4.78, 5) is 28.1. The number of nitrogens with one attached hydrogen (secondary N) is 2. The van der Waals surface area contributed by atoms with E-state index in [0.29, 0.717) is 24.4 Å². The lowest BCUT2D eigenvalue weighted by Gasteiger charge is -2.12. The normalized spacial score (nSPS) is 11.4. The van der Waals surface area contributed by atoms with Crippen LogP contribution in [0.3, 0.4) is 0 Å². The van der Waals surface area contributed by atoms with E-state index in [1.54, 1.807) is 55.7 Å². The Hall–Kier alpha value is -2.99. The number of ether oxygens (including phenoxy) is 1. The highest BCUT2D eigenvalue weighted by atomic mass is 16.5. The number of hydrogen-bond acceptors (Lipinski definition) is 4. The number of carbonyl (C=O) groups is 2. The lowest BCUT2D eigenvalue weighted by Crippen LogP contribution is -2.34. The van der Waals surface area contributed by atoms with Crippen LogP contribution in [0.4, 0.5) is 5.69 Å². The van der Waals surface area contributed by atoms with Gasteiger partial charge in [0.15, 0.2) is 0 Å². The number of rotatable bonds is 8. The van der Waals surface area contributed by atoms with E-state index in [1.165, 1.54) is 0 Å². The van der Waals surface area contributed by atoms with Gasteiger partial charge in [0.05, 0.1) is 6.61 Å². The number of hydrogen-bond donors (Lipinski definition) is 2. The molecular weight excluding hydrogens is 318 g/mol. The van der Waals surface area contributed by atoms with Gasteiger partial charge in [-0.05, 0) is 36.8 Å². The van der Waals surface area contributed by atoms with Crippen LogP contribution in [0.5, 0.6) is 0 Å². The van der Waals surface area contributed by atoms with Crippen molar-refractivity contribution in [3.63, 3.8) is 0 Å². The number of amides is 2. The van der Waals surface area contributed by atoms with Crippen molar-refractivity contribution in [3.8, 4) is 0 Å². The molecule has 2 amide bonds. The molecule has 1 heterocycles. The predicted octanol–water partition coefficient (Wildman–Crippen LogP) is 2.54. The van der Waals surface area contributed by atoms with Gasteiger partial charge in [-0.25, -0.2) is 0 Å². The van der Waals surface area contributed by atoms with Gasteiger partial charge in [0.1, 0.15) is 6.10 Å². The highest BCUT2D eigenvalue weighted by Gasteiger charge is 2.12. The highest BCUT2D eigenvalue weighted by molar-refractivity contribution is 6.04. The van der Waals surface area contributed by atoms with Crippen LogP contribution < -0.4 is 10.6 Å². The molecule has 6 heteroatoms. The number of pyridine rings is 1. The molecule has 0 aliphatic carbocycles. The first-order valence-electron chi connectivity index (χ1n) is 7.90. The first kappa shape index (κ1) is 18.4. The molecule has 2 aromatic rings. The van der Waals surface area contributed by atoms with Crippen LogP contribution in [0.1, 0.15) is 22.8 Å². The lowest BCUT2D eigenvalue weighted by atomic mass is 10.1. The van der Waals surface area contributed by atoms with Crippen LogP contribution >= 0.6 is 0 Å². The van der Waals surface area contributed by atoms with E-state index >= 15 is 0 Å². The van der Waals surface area contributed by atoms with Gasteiger partial charge < -0.3 is 15.4 Å². The molecule has 0 aliphatic rings. The van der Waals surface area contributed by atoms with Crippen molar-refractivity contribution in [2.75, 3.05) is 11.9 Å². The molecular formula is C19H21N3O3. The monoisotopic (exact) mass is 339 g/mol. The van der Waals surface area contributed by atoms with Crippen molar-refractivity contribution < 1.29 is 14.3 Å². The summed E-state index contributed by atoms with van der Waals surface area (Å²) < 4.78 is 5.27. The standard InChI is InChI=1S/C19H21N3O3/c1-3-11-25-14(2)18(23)21-13-15-5-4-6-16(12-15)19(24)22-17-7-9-20-10-8-17/h3-10,12,14H,1,11,13H2,2H3,(H,21,23)(H,20,22,24)/t14-/m0/s1. The first-order chi connectivity index (χ1) is 12.1. The van der Waals surface area contributed by atoms with Crippen LogP contribution in [-0.4, -0.2) is 29.5 Å². The molecule has 6 nitrogen and oxygen atoms in total. The quantitative estimate of drug-likeness (QED) is 0.724. The van der Waals surface area contributed by atoms with E-state index in [0.717, 1.165) is 5.56 Å². The van der Waals surface area contributed by atoms with Crippen LogP contribution in [0.2, 0.25) is 0 Å². The number of nitrogens with zero attached hydrogens (tertiary/aromatic N) is 1. The van der Waals surface area contributed by atoms with Gasteiger partial charge in [0.2, 0.25) is 5.91 Å². The van der Waals surface area contributed by atoms with E-state index in [-0.39, 0.29) is 11.8 Å². The predicted molar refractivity (Wildman–Crippen MR) is 96.1 cm³/mol. The molecule has 2 rings (SSSR count). The van der Waals surface area contributed by atoms with E-state index in [9.17, 15) is 9.59 Å². The molecule has 0 fully saturated rings. The van der Waals surface area contributed by atoms with Crippen molar-refractivity contribution in [2.45, 2.75) is 19.6 Å².